The lowest BCUT2D eigenvalue weighted by Gasteiger charge is -2.06. The molecule has 0 aliphatic heterocycles. The molecule has 4 heteroatoms. The van der Waals surface area contributed by atoms with Gasteiger partial charge < -0.3 is 9.84 Å². The number of hydrogen-bond donors (Lipinski definition) is 1. The minimum atomic E-state index is -0.0313. The molecule has 0 saturated heterocycles. The average molecular weight is 289 g/mol. The molecule has 0 aliphatic carbocycles. The molecular weight excluding hydrogens is 270 g/mol. The van der Waals surface area contributed by atoms with Gasteiger partial charge in [-0.2, -0.15) is 11.8 Å². The second-order valence-electron chi connectivity index (χ2n) is 4.38. The summed E-state index contributed by atoms with van der Waals surface area (Å²) in [4.78, 5) is 4.07. The Morgan fingerprint density at radius 2 is 1.95 bits per heavy atom. The number of aromatic nitrogens is 1. The number of nitrogens with zero attached hydrogens (tertiary/aromatic N) is 1. The molecule has 0 spiro atoms. The minimum absolute atomic E-state index is 0.0313. The zero-order valence-electron chi connectivity index (χ0n) is 11.4. The highest BCUT2D eigenvalue weighted by Gasteiger charge is 1.97. The van der Waals surface area contributed by atoms with Gasteiger partial charge in [-0.05, 0) is 29.9 Å². The molecule has 0 amide bonds. The van der Waals surface area contributed by atoms with E-state index in [-0.39, 0.29) is 6.61 Å². The van der Waals surface area contributed by atoms with Gasteiger partial charge in [-0.25, -0.2) is 0 Å². The summed E-state index contributed by atoms with van der Waals surface area (Å²) in [5.74, 6) is 2.89. The Balaban J connectivity index is 1.57. The molecule has 0 fully saturated rings. The van der Waals surface area contributed by atoms with Crippen molar-refractivity contribution in [3.8, 4) is 5.75 Å². The molecule has 0 saturated carbocycles. The standard InChI is InChI=1S/C16H19NO2S/c18-12-15-7-8-16(11-17-15)19-9-4-10-20-13-14-5-2-1-3-6-14/h1-3,5-8,11,18H,4,9-10,12-13H2. The van der Waals surface area contributed by atoms with Crippen molar-refractivity contribution in [3.05, 3.63) is 59.9 Å². The van der Waals surface area contributed by atoms with E-state index < -0.39 is 0 Å². The number of benzene rings is 1. The summed E-state index contributed by atoms with van der Waals surface area (Å²) >= 11 is 1.92. The molecule has 2 rings (SSSR count). The van der Waals surface area contributed by atoms with Gasteiger partial charge in [0.15, 0.2) is 0 Å². The number of aliphatic hydroxyl groups excluding tert-OH is 1. The first-order valence-corrected chi connectivity index (χ1v) is 7.84. The van der Waals surface area contributed by atoms with Crippen LogP contribution in [0, 0.1) is 0 Å². The number of aliphatic hydroxyl groups is 1. The average Bonchev–Trinajstić information content (AvgIpc) is 2.52. The lowest BCUT2D eigenvalue weighted by Crippen LogP contribution is -2.00. The number of rotatable bonds is 8. The molecular formula is C16H19NO2S. The highest BCUT2D eigenvalue weighted by atomic mass is 32.2. The largest absolute Gasteiger partial charge is 0.492 e. The van der Waals surface area contributed by atoms with E-state index in [1.54, 1.807) is 12.3 Å². The molecule has 1 aromatic heterocycles. The van der Waals surface area contributed by atoms with Crippen molar-refractivity contribution in [1.29, 1.82) is 0 Å². The Morgan fingerprint density at radius 3 is 2.65 bits per heavy atom. The summed E-state index contributed by atoms with van der Waals surface area (Å²) in [6.45, 7) is 0.665. The number of pyridine rings is 1. The smallest absolute Gasteiger partial charge is 0.137 e. The summed E-state index contributed by atoms with van der Waals surface area (Å²) in [6.07, 6.45) is 2.67. The van der Waals surface area contributed by atoms with Crippen LogP contribution in [0.5, 0.6) is 5.75 Å². The van der Waals surface area contributed by atoms with Crippen molar-refractivity contribution in [2.75, 3.05) is 12.4 Å². The van der Waals surface area contributed by atoms with E-state index in [0.29, 0.717) is 12.3 Å². The second kappa shape index (κ2) is 8.61. The summed E-state index contributed by atoms with van der Waals surface area (Å²) in [5.41, 5.74) is 2.03. The Hall–Kier alpha value is -1.52. The van der Waals surface area contributed by atoms with Gasteiger partial charge in [0.1, 0.15) is 5.75 Å². The zero-order chi connectivity index (χ0) is 14.0. The van der Waals surface area contributed by atoms with Crippen molar-refractivity contribution in [2.24, 2.45) is 0 Å². The normalized spacial score (nSPS) is 10.4. The Morgan fingerprint density at radius 1 is 1.10 bits per heavy atom. The van der Waals surface area contributed by atoms with Crippen molar-refractivity contribution in [1.82, 2.24) is 4.98 Å². The molecule has 1 N–H and O–H groups in total. The van der Waals surface area contributed by atoms with Crippen LogP contribution in [-0.4, -0.2) is 22.5 Å². The fourth-order valence-corrected chi connectivity index (χ4v) is 2.60. The minimum Gasteiger partial charge on any atom is -0.492 e. The molecule has 1 aromatic carbocycles. The van der Waals surface area contributed by atoms with Crippen molar-refractivity contribution >= 4 is 11.8 Å². The van der Waals surface area contributed by atoms with Crippen LogP contribution in [0.4, 0.5) is 0 Å². The van der Waals surface area contributed by atoms with Crippen LogP contribution >= 0.6 is 11.8 Å². The predicted octanol–water partition coefficient (Wildman–Crippen LogP) is 3.28. The highest BCUT2D eigenvalue weighted by Crippen LogP contribution is 2.14. The molecule has 0 radical (unpaired) electrons. The molecule has 2 aromatic rings. The fraction of sp³-hybridized carbons (Fsp3) is 0.312. The predicted molar refractivity (Wildman–Crippen MR) is 82.9 cm³/mol. The maximum Gasteiger partial charge on any atom is 0.137 e. The van der Waals surface area contributed by atoms with Gasteiger partial charge in [-0.1, -0.05) is 30.3 Å². The van der Waals surface area contributed by atoms with Crippen LogP contribution in [-0.2, 0) is 12.4 Å². The summed E-state index contributed by atoms with van der Waals surface area (Å²) in [6, 6.07) is 14.1. The lowest BCUT2D eigenvalue weighted by atomic mass is 10.2. The lowest BCUT2D eigenvalue weighted by molar-refractivity contribution is 0.275. The van der Waals surface area contributed by atoms with E-state index in [0.717, 1.165) is 23.7 Å². The van der Waals surface area contributed by atoms with E-state index in [1.165, 1.54) is 5.56 Å². The van der Waals surface area contributed by atoms with Crippen LogP contribution in [0.1, 0.15) is 17.7 Å². The fourth-order valence-electron chi connectivity index (χ4n) is 1.71. The summed E-state index contributed by atoms with van der Waals surface area (Å²) in [7, 11) is 0. The van der Waals surface area contributed by atoms with Crippen LogP contribution < -0.4 is 4.74 Å². The van der Waals surface area contributed by atoms with Gasteiger partial charge in [-0.15, -0.1) is 0 Å². The van der Waals surface area contributed by atoms with Gasteiger partial charge in [-0.3, -0.25) is 4.98 Å². The van der Waals surface area contributed by atoms with Gasteiger partial charge in [0, 0.05) is 5.75 Å². The molecule has 0 bridgehead atoms. The first-order valence-electron chi connectivity index (χ1n) is 6.69. The van der Waals surface area contributed by atoms with E-state index in [1.807, 2.05) is 23.9 Å². The third-order valence-electron chi connectivity index (χ3n) is 2.77. The van der Waals surface area contributed by atoms with Crippen LogP contribution in [0.3, 0.4) is 0 Å². The quantitative estimate of drug-likeness (QED) is 0.757. The zero-order valence-corrected chi connectivity index (χ0v) is 12.2. The van der Waals surface area contributed by atoms with Crippen molar-refractivity contribution in [3.63, 3.8) is 0 Å². The monoisotopic (exact) mass is 289 g/mol. The van der Waals surface area contributed by atoms with E-state index in [9.17, 15) is 0 Å². The van der Waals surface area contributed by atoms with E-state index >= 15 is 0 Å². The molecule has 0 aliphatic rings. The highest BCUT2D eigenvalue weighted by molar-refractivity contribution is 7.98. The Labute approximate surface area is 124 Å². The molecule has 20 heavy (non-hydrogen) atoms. The second-order valence-corrected chi connectivity index (χ2v) is 5.49. The van der Waals surface area contributed by atoms with E-state index in [4.69, 9.17) is 9.84 Å². The SMILES string of the molecule is OCc1ccc(OCCCSCc2ccccc2)cn1. The third-order valence-corrected chi connectivity index (χ3v) is 3.89. The number of ether oxygens (including phenoxy) is 1. The summed E-state index contributed by atoms with van der Waals surface area (Å²) < 4.78 is 5.60. The number of thioether (sulfide) groups is 1. The van der Waals surface area contributed by atoms with Gasteiger partial charge in [0.25, 0.3) is 0 Å². The Bertz CT molecular complexity index is 488. The first-order chi connectivity index (χ1) is 9.88. The van der Waals surface area contributed by atoms with Crippen molar-refractivity contribution < 1.29 is 9.84 Å². The molecule has 106 valence electrons. The molecule has 3 nitrogen and oxygen atoms in total. The number of hydrogen-bond acceptors (Lipinski definition) is 4. The van der Waals surface area contributed by atoms with Gasteiger partial charge in [0.2, 0.25) is 0 Å². The molecule has 1 heterocycles. The van der Waals surface area contributed by atoms with Gasteiger partial charge >= 0.3 is 0 Å². The van der Waals surface area contributed by atoms with Crippen molar-refractivity contribution in [2.45, 2.75) is 18.8 Å². The topological polar surface area (TPSA) is 42.4 Å². The van der Waals surface area contributed by atoms with Crippen LogP contribution in [0.25, 0.3) is 0 Å². The molecule has 0 atom stereocenters. The Kier molecular flexibility index (Phi) is 6.41. The maximum atomic E-state index is 8.89. The first kappa shape index (κ1) is 14.9. The molecule has 0 unspecified atom stereocenters. The van der Waals surface area contributed by atoms with Crippen LogP contribution in [0.2, 0.25) is 0 Å². The van der Waals surface area contributed by atoms with E-state index in [2.05, 4.69) is 29.2 Å². The third kappa shape index (κ3) is 5.23. The van der Waals surface area contributed by atoms with Gasteiger partial charge in [0.05, 0.1) is 25.1 Å². The summed E-state index contributed by atoms with van der Waals surface area (Å²) in [5, 5.41) is 8.89. The van der Waals surface area contributed by atoms with Crippen LogP contribution in [0.15, 0.2) is 48.7 Å². The maximum absolute atomic E-state index is 8.89.